The molecule has 0 saturated heterocycles. The van der Waals surface area contributed by atoms with E-state index in [9.17, 15) is 9.59 Å². The molecule has 10 heteroatoms. The summed E-state index contributed by atoms with van der Waals surface area (Å²) in [6, 6.07) is 12.4. The highest BCUT2D eigenvalue weighted by Gasteiger charge is 2.10. The van der Waals surface area contributed by atoms with Gasteiger partial charge in [-0.25, -0.2) is 0 Å². The molecule has 8 nitrogen and oxygen atoms in total. The molecule has 0 aromatic heterocycles. The molecule has 0 aliphatic rings. The first-order valence-electron chi connectivity index (χ1n) is 8.42. The third kappa shape index (κ3) is 7.59. The number of carbonyl (C=O) groups excluding carboxylic acids is 2. The van der Waals surface area contributed by atoms with E-state index < -0.39 is 11.8 Å². The summed E-state index contributed by atoms with van der Waals surface area (Å²) in [6.07, 6.45) is 0. The number of rotatable bonds is 7. The summed E-state index contributed by atoms with van der Waals surface area (Å²) >= 11 is 8.32. The Bertz CT molecular complexity index is 894. The van der Waals surface area contributed by atoms with Gasteiger partial charge in [-0.2, -0.15) is 0 Å². The Hall–Kier alpha value is -2.85. The molecule has 0 bridgehead atoms. The maximum atomic E-state index is 11.9. The molecule has 0 aliphatic carbocycles. The van der Waals surface area contributed by atoms with Gasteiger partial charge in [-0.05, 0) is 64.9 Å². The van der Waals surface area contributed by atoms with Crippen LogP contribution in [0.15, 0.2) is 46.9 Å². The van der Waals surface area contributed by atoms with Crippen LogP contribution in [0.1, 0.15) is 5.56 Å². The number of amides is 2. The summed E-state index contributed by atoms with van der Waals surface area (Å²) in [6.45, 7) is 1.44. The first kappa shape index (κ1) is 22.4. The van der Waals surface area contributed by atoms with E-state index in [1.165, 1.54) is 7.11 Å². The number of nitrogens with one attached hydrogen (secondary N) is 3. The SMILES string of the molecule is COc1ccccc1OCC(=O)NC(=S)NNC(=O)COc1ccc(C)cc1Br. The van der Waals surface area contributed by atoms with Crippen molar-refractivity contribution < 1.29 is 23.8 Å². The molecule has 154 valence electrons. The number of hydrazine groups is 1. The molecule has 0 saturated carbocycles. The maximum Gasteiger partial charge on any atom is 0.276 e. The second-order valence-corrected chi connectivity index (χ2v) is 6.98. The molecule has 0 atom stereocenters. The van der Waals surface area contributed by atoms with Crippen molar-refractivity contribution in [2.24, 2.45) is 0 Å². The number of carbonyl (C=O) groups is 2. The Morgan fingerprint density at radius 1 is 0.966 bits per heavy atom. The third-order valence-corrected chi connectivity index (χ3v) is 4.27. The summed E-state index contributed by atoms with van der Waals surface area (Å²) < 4.78 is 16.7. The molecule has 2 aromatic carbocycles. The molecular weight excluding hydrogens is 462 g/mol. The first-order valence-corrected chi connectivity index (χ1v) is 9.62. The van der Waals surface area contributed by atoms with Crippen LogP contribution in [0.4, 0.5) is 0 Å². The van der Waals surface area contributed by atoms with E-state index in [-0.39, 0.29) is 18.3 Å². The normalized spacial score (nSPS) is 9.90. The molecule has 2 aromatic rings. The van der Waals surface area contributed by atoms with Crippen LogP contribution >= 0.6 is 28.1 Å². The van der Waals surface area contributed by atoms with Gasteiger partial charge < -0.3 is 14.2 Å². The predicted molar refractivity (Wildman–Crippen MR) is 115 cm³/mol. The molecule has 0 unspecified atom stereocenters. The molecule has 29 heavy (non-hydrogen) atoms. The van der Waals surface area contributed by atoms with Crippen molar-refractivity contribution in [3.05, 3.63) is 52.5 Å². The fourth-order valence-electron chi connectivity index (χ4n) is 2.10. The van der Waals surface area contributed by atoms with Gasteiger partial charge in [0.05, 0.1) is 11.6 Å². The van der Waals surface area contributed by atoms with E-state index in [0.29, 0.717) is 17.2 Å². The minimum Gasteiger partial charge on any atom is -0.493 e. The quantitative estimate of drug-likeness (QED) is 0.412. The first-order chi connectivity index (χ1) is 13.9. The van der Waals surface area contributed by atoms with Gasteiger partial charge in [0.1, 0.15) is 5.75 Å². The van der Waals surface area contributed by atoms with E-state index in [2.05, 4.69) is 32.1 Å². The number of hydrogen-bond acceptors (Lipinski definition) is 6. The smallest absolute Gasteiger partial charge is 0.276 e. The Labute approximate surface area is 182 Å². The van der Waals surface area contributed by atoms with Crippen molar-refractivity contribution in [1.82, 2.24) is 16.2 Å². The molecule has 0 aliphatic heterocycles. The van der Waals surface area contributed by atoms with Crippen LogP contribution in [0.5, 0.6) is 17.2 Å². The van der Waals surface area contributed by atoms with Crippen LogP contribution in [-0.4, -0.2) is 37.3 Å². The van der Waals surface area contributed by atoms with E-state index in [1.54, 1.807) is 30.3 Å². The average molecular weight is 482 g/mol. The zero-order valence-corrected chi connectivity index (χ0v) is 18.2. The van der Waals surface area contributed by atoms with Crippen LogP contribution in [0.25, 0.3) is 0 Å². The lowest BCUT2D eigenvalue weighted by Gasteiger charge is -2.13. The Morgan fingerprint density at radius 3 is 2.31 bits per heavy atom. The van der Waals surface area contributed by atoms with Crippen LogP contribution < -0.4 is 30.4 Å². The zero-order chi connectivity index (χ0) is 21.2. The summed E-state index contributed by atoms with van der Waals surface area (Å²) in [5.74, 6) is 0.502. The molecule has 0 heterocycles. The number of methoxy groups -OCH3 is 1. The van der Waals surface area contributed by atoms with Crippen molar-refractivity contribution in [2.75, 3.05) is 20.3 Å². The number of ether oxygens (including phenoxy) is 3. The number of hydrogen-bond donors (Lipinski definition) is 3. The van der Waals surface area contributed by atoms with Gasteiger partial charge in [0.25, 0.3) is 11.8 Å². The van der Waals surface area contributed by atoms with E-state index in [1.807, 2.05) is 19.1 Å². The van der Waals surface area contributed by atoms with E-state index in [0.717, 1.165) is 10.0 Å². The van der Waals surface area contributed by atoms with Gasteiger partial charge in [0.2, 0.25) is 0 Å². The summed E-state index contributed by atoms with van der Waals surface area (Å²) in [4.78, 5) is 23.7. The van der Waals surface area contributed by atoms with Gasteiger partial charge in [0.15, 0.2) is 29.8 Å². The van der Waals surface area contributed by atoms with Crippen LogP contribution in [0, 0.1) is 6.92 Å². The molecule has 0 radical (unpaired) electrons. The van der Waals surface area contributed by atoms with Crippen LogP contribution in [0.2, 0.25) is 0 Å². The van der Waals surface area contributed by atoms with Crippen LogP contribution in [-0.2, 0) is 9.59 Å². The second kappa shape index (κ2) is 11.2. The van der Waals surface area contributed by atoms with E-state index in [4.69, 9.17) is 26.4 Å². The van der Waals surface area contributed by atoms with Crippen molar-refractivity contribution in [2.45, 2.75) is 6.92 Å². The lowest BCUT2D eigenvalue weighted by atomic mass is 10.2. The lowest BCUT2D eigenvalue weighted by Crippen LogP contribution is -2.50. The molecule has 0 spiro atoms. The average Bonchev–Trinajstić information content (AvgIpc) is 2.70. The Kier molecular flexibility index (Phi) is 8.68. The van der Waals surface area contributed by atoms with Crippen molar-refractivity contribution >= 4 is 45.1 Å². The standard InChI is InChI=1S/C19H20BrN3O5S/c1-12-7-8-14(13(20)9-12)27-11-18(25)22-23-19(29)21-17(24)10-28-16-6-4-3-5-15(16)26-2/h3-9H,10-11H2,1-2H3,(H,22,25)(H2,21,23,24,29). The Balaban J connectivity index is 1.69. The summed E-state index contributed by atoms with van der Waals surface area (Å²) in [5.41, 5.74) is 5.82. The van der Waals surface area contributed by atoms with Crippen molar-refractivity contribution in [3.8, 4) is 17.2 Å². The number of benzene rings is 2. The highest BCUT2D eigenvalue weighted by atomic mass is 79.9. The molecule has 0 fully saturated rings. The van der Waals surface area contributed by atoms with Gasteiger partial charge >= 0.3 is 0 Å². The number of halogens is 1. The molecule has 3 N–H and O–H groups in total. The number of thiocarbonyl (C=S) groups is 1. The minimum atomic E-state index is -0.498. The second-order valence-electron chi connectivity index (χ2n) is 5.71. The topological polar surface area (TPSA) is 97.9 Å². The van der Waals surface area contributed by atoms with Gasteiger partial charge in [0, 0.05) is 0 Å². The highest BCUT2D eigenvalue weighted by Crippen LogP contribution is 2.26. The van der Waals surface area contributed by atoms with E-state index >= 15 is 0 Å². The lowest BCUT2D eigenvalue weighted by molar-refractivity contribution is -0.124. The molecule has 2 amide bonds. The molecular formula is C19H20BrN3O5S. The largest absolute Gasteiger partial charge is 0.493 e. The van der Waals surface area contributed by atoms with Crippen molar-refractivity contribution in [3.63, 3.8) is 0 Å². The molecule has 2 rings (SSSR count). The fraction of sp³-hybridized carbons (Fsp3) is 0.211. The highest BCUT2D eigenvalue weighted by molar-refractivity contribution is 9.10. The minimum absolute atomic E-state index is 0.0801. The number of para-hydroxylation sites is 2. The predicted octanol–water partition coefficient (Wildman–Crippen LogP) is 2.25. The summed E-state index contributed by atoms with van der Waals surface area (Å²) in [5, 5.41) is 2.30. The van der Waals surface area contributed by atoms with Crippen molar-refractivity contribution in [1.29, 1.82) is 0 Å². The fourth-order valence-corrected chi connectivity index (χ4v) is 2.88. The number of aryl methyl sites for hydroxylation is 1. The monoisotopic (exact) mass is 481 g/mol. The Morgan fingerprint density at radius 2 is 1.62 bits per heavy atom. The van der Waals surface area contributed by atoms with Gasteiger partial charge in [-0.1, -0.05) is 18.2 Å². The third-order valence-electron chi connectivity index (χ3n) is 3.44. The van der Waals surface area contributed by atoms with Crippen LogP contribution in [0.3, 0.4) is 0 Å². The maximum absolute atomic E-state index is 11.9. The zero-order valence-electron chi connectivity index (χ0n) is 15.8. The summed E-state index contributed by atoms with van der Waals surface area (Å²) in [7, 11) is 1.51. The van der Waals surface area contributed by atoms with Gasteiger partial charge in [-0.15, -0.1) is 0 Å². The van der Waals surface area contributed by atoms with Gasteiger partial charge in [-0.3, -0.25) is 25.8 Å².